The minimum Gasteiger partial charge on any atom is -0.497 e. The van der Waals surface area contributed by atoms with Crippen LogP contribution in [-0.4, -0.2) is 23.2 Å². The Bertz CT molecular complexity index is 919. The summed E-state index contributed by atoms with van der Waals surface area (Å²) in [5.41, 5.74) is -0.550. The zero-order chi connectivity index (χ0) is 16.2. The minimum absolute atomic E-state index is 0.225. The SMILES string of the molecule is COc1cccc(OC(=O)On2ncc3ccccc3c2=O)c1. The van der Waals surface area contributed by atoms with Crippen LogP contribution in [0.3, 0.4) is 0 Å². The quantitative estimate of drug-likeness (QED) is 0.544. The van der Waals surface area contributed by atoms with Crippen molar-refractivity contribution in [3.05, 3.63) is 65.1 Å². The maximum absolute atomic E-state index is 12.2. The Hall–Kier alpha value is -3.35. The molecule has 7 heteroatoms. The lowest BCUT2D eigenvalue weighted by Crippen LogP contribution is -2.34. The van der Waals surface area contributed by atoms with Gasteiger partial charge >= 0.3 is 11.7 Å². The van der Waals surface area contributed by atoms with Crippen molar-refractivity contribution in [3.63, 3.8) is 0 Å². The predicted molar refractivity (Wildman–Crippen MR) is 81.6 cm³/mol. The molecule has 0 bridgehead atoms. The fourth-order valence-electron chi connectivity index (χ4n) is 1.99. The number of carbonyl (C=O) groups is 1. The van der Waals surface area contributed by atoms with Gasteiger partial charge in [0.05, 0.1) is 18.7 Å². The number of fused-ring (bicyclic) bond motifs is 1. The second-order valence-electron chi connectivity index (χ2n) is 4.53. The van der Waals surface area contributed by atoms with Gasteiger partial charge in [0.2, 0.25) is 0 Å². The average Bonchev–Trinajstić information content (AvgIpc) is 2.58. The first kappa shape index (κ1) is 14.6. The van der Waals surface area contributed by atoms with Crippen LogP contribution in [0.15, 0.2) is 59.5 Å². The van der Waals surface area contributed by atoms with E-state index in [2.05, 4.69) is 5.10 Å². The van der Waals surface area contributed by atoms with Crippen LogP contribution in [0.5, 0.6) is 11.5 Å². The molecule has 1 aromatic heterocycles. The summed E-state index contributed by atoms with van der Waals surface area (Å²) in [6.07, 6.45) is 0.346. The predicted octanol–water partition coefficient (Wildman–Crippen LogP) is 2.03. The molecule has 0 aliphatic rings. The van der Waals surface area contributed by atoms with E-state index >= 15 is 0 Å². The fourth-order valence-corrected chi connectivity index (χ4v) is 1.99. The first-order chi connectivity index (χ1) is 11.2. The third-order valence-electron chi connectivity index (χ3n) is 3.07. The smallest absolute Gasteiger partial charge is 0.497 e. The molecule has 0 saturated carbocycles. The van der Waals surface area contributed by atoms with Crippen molar-refractivity contribution in [2.24, 2.45) is 0 Å². The van der Waals surface area contributed by atoms with Gasteiger partial charge in [0.1, 0.15) is 11.5 Å². The summed E-state index contributed by atoms with van der Waals surface area (Å²) in [5, 5.41) is 4.82. The Balaban J connectivity index is 1.80. The van der Waals surface area contributed by atoms with Crippen LogP contribution in [-0.2, 0) is 0 Å². The molecule has 0 unspecified atom stereocenters. The van der Waals surface area contributed by atoms with Gasteiger partial charge in [-0.25, -0.2) is 4.79 Å². The third-order valence-corrected chi connectivity index (χ3v) is 3.07. The number of hydrogen-bond acceptors (Lipinski definition) is 6. The van der Waals surface area contributed by atoms with Gasteiger partial charge in [-0.1, -0.05) is 24.3 Å². The lowest BCUT2D eigenvalue weighted by molar-refractivity contribution is 0.0696. The number of carbonyl (C=O) groups excluding carboxylic acids is 1. The van der Waals surface area contributed by atoms with Crippen molar-refractivity contribution in [2.45, 2.75) is 0 Å². The Morgan fingerprint density at radius 3 is 2.70 bits per heavy atom. The third kappa shape index (κ3) is 3.13. The number of nitrogens with zero attached hydrogens (tertiary/aromatic N) is 2. The van der Waals surface area contributed by atoms with Crippen LogP contribution in [0.2, 0.25) is 0 Å². The highest BCUT2D eigenvalue weighted by molar-refractivity contribution is 5.80. The monoisotopic (exact) mass is 312 g/mol. The number of aromatic nitrogens is 2. The molecular weight excluding hydrogens is 300 g/mol. The van der Waals surface area contributed by atoms with E-state index in [-0.39, 0.29) is 5.75 Å². The zero-order valence-electron chi connectivity index (χ0n) is 12.1. The summed E-state index contributed by atoms with van der Waals surface area (Å²) >= 11 is 0. The molecule has 3 aromatic rings. The van der Waals surface area contributed by atoms with Gasteiger partial charge in [-0.05, 0) is 23.0 Å². The van der Waals surface area contributed by atoms with Crippen molar-refractivity contribution in [1.29, 1.82) is 0 Å². The second kappa shape index (κ2) is 6.18. The van der Waals surface area contributed by atoms with E-state index in [0.717, 1.165) is 0 Å². The summed E-state index contributed by atoms with van der Waals surface area (Å²) in [6, 6.07) is 13.3. The van der Waals surface area contributed by atoms with Gasteiger partial charge in [-0.15, -0.1) is 5.10 Å². The zero-order valence-corrected chi connectivity index (χ0v) is 12.1. The highest BCUT2D eigenvalue weighted by atomic mass is 16.8. The molecular formula is C16H12N2O5. The summed E-state index contributed by atoms with van der Waals surface area (Å²) in [7, 11) is 1.50. The molecule has 23 heavy (non-hydrogen) atoms. The molecule has 0 N–H and O–H groups in total. The second-order valence-corrected chi connectivity index (χ2v) is 4.53. The molecule has 3 rings (SSSR count). The van der Waals surface area contributed by atoms with Crippen LogP contribution < -0.4 is 19.9 Å². The van der Waals surface area contributed by atoms with E-state index in [9.17, 15) is 9.59 Å². The molecule has 116 valence electrons. The summed E-state index contributed by atoms with van der Waals surface area (Å²) in [6.45, 7) is 0. The maximum Gasteiger partial charge on any atom is 0.540 e. The van der Waals surface area contributed by atoms with Gasteiger partial charge < -0.3 is 9.47 Å². The lowest BCUT2D eigenvalue weighted by atomic mass is 10.2. The number of hydrogen-bond donors (Lipinski definition) is 0. The van der Waals surface area contributed by atoms with Crippen molar-refractivity contribution in [3.8, 4) is 11.5 Å². The van der Waals surface area contributed by atoms with E-state index in [1.165, 1.54) is 19.4 Å². The van der Waals surface area contributed by atoms with E-state index in [0.29, 0.717) is 21.4 Å². The van der Waals surface area contributed by atoms with Crippen molar-refractivity contribution < 1.29 is 19.1 Å². The average molecular weight is 312 g/mol. The first-order valence-electron chi connectivity index (χ1n) is 6.68. The molecule has 0 atom stereocenters. The van der Waals surface area contributed by atoms with E-state index in [1.54, 1.807) is 42.5 Å². The number of ether oxygens (including phenoxy) is 2. The Kier molecular flexibility index (Phi) is 3.92. The fraction of sp³-hybridized carbons (Fsp3) is 0.0625. The normalized spacial score (nSPS) is 10.3. The largest absolute Gasteiger partial charge is 0.540 e. The van der Waals surface area contributed by atoms with Crippen LogP contribution in [0.1, 0.15) is 0 Å². The van der Waals surface area contributed by atoms with Crippen LogP contribution in [0.25, 0.3) is 10.8 Å². The summed E-state index contributed by atoms with van der Waals surface area (Å²) in [4.78, 5) is 29.4. The van der Waals surface area contributed by atoms with E-state index in [4.69, 9.17) is 14.3 Å². The highest BCUT2D eigenvalue weighted by Crippen LogP contribution is 2.18. The molecule has 7 nitrogen and oxygen atoms in total. The van der Waals surface area contributed by atoms with Crippen molar-refractivity contribution in [2.75, 3.05) is 7.11 Å². The molecule has 0 amide bonds. The maximum atomic E-state index is 12.2. The molecule has 0 saturated heterocycles. The highest BCUT2D eigenvalue weighted by Gasteiger charge is 2.12. The summed E-state index contributed by atoms with van der Waals surface area (Å²) in [5.74, 6) is 0.750. The number of rotatable bonds is 3. The van der Waals surface area contributed by atoms with Crippen molar-refractivity contribution in [1.82, 2.24) is 9.94 Å². The minimum atomic E-state index is -1.08. The van der Waals surface area contributed by atoms with Gasteiger partial charge in [0.15, 0.2) is 0 Å². The van der Waals surface area contributed by atoms with Crippen LogP contribution >= 0.6 is 0 Å². The molecule has 0 aliphatic carbocycles. The van der Waals surface area contributed by atoms with Crippen LogP contribution in [0.4, 0.5) is 4.79 Å². The number of methoxy groups -OCH3 is 1. The molecule has 0 aliphatic heterocycles. The van der Waals surface area contributed by atoms with E-state index < -0.39 is 11.7 Å². The Morgan fingerprint density at radius 2 is 1.87 bits per heavy atom. The van der Waals surface area contributed by atoms with Gasteiger partial charge in [-0.2, -0.15) is 0 Å². The van der Waals surface area contributed by atoms with Gasteiger partial charge in [0, 0.05) is 11.5 Å². The van der Waals surface area contributed by atoms with Gasteiger partial charge in [-0.3, -0.25) is 9.63 Å². The number of benzene rings is 2. The first-order valence-corrected chi connectivity index (χ1v) is 6.68. The van der Waals surface area contributed by atoms with Gasteiger partial charge in [0.25, 0.3) is 0 Å². The Morgan fingerprint density at radius 1 is 1.09 bits per heavy atom. The lowest BCUT2D eigenvalue weighted by Gasteiger charge is -2.07. The Labute approximate surface area is 130 Å². The van der Waals surface area contributed by atoms with Crippen molar-refractivity contribution >= 4 is 16.9 Å². The molecule has 0 radical (unpaired) electrons. The molecule has 0 fully saturated rings. The topological polar surface area (TPSA) is 79.7 Å². The van der Waals surface area contributed by atoms with Crippen LogP contribution in [0, 0.1) is 0 Å². The standard InChI is InChI=1S/C16H12N2O5/c1-21-12-6-4-7-13(9-12)22-16(20)23-18-15(19)14-8-3-2-5-11(14)10-17-18/h2-10H,1H3. The molecule has 1 heterocycles. The molecule has 0 spiro atoms. The summed E-state index contributed by atoms with van der Waals surface area (Å²) < 4.78 is 10.0. The molecule has 2 aromatic carbocycles. The van der Waals surface area contributed by atoms with E-state index in [1.807, 2.05) is 0 Å².